The second-order valence-electron chi connectivity index (χ2n) is 8.16. The first-order chi connectivity index (χ1) is 14.1. The zero-order valence-corrected chi connectivity index (χ0v) is 16.2. The molecular formula is C23H23N3O3. The van der Waals surface area contributed by atoms with Crippen molar-refractivity contribution in [1.82, 2.24) is 14.9 Å². The standard InChI is InChI=1S/C23H23N3O3/c27-20-11-17(24-23(29)25-20)13-26-10-2-4-16(12-26)22(28)19-9-8-15-7-6-14-3-1-5-18(19)21(14)15/h1,3,5,8-9,11,16H,2,4,6-7,10,12-13H2,(H2,24,25,27,29). The maximum atomic E-state index is 13.4. The molecule has 29 heavy (non-hydrogen) atoms. The summed E-state index contributed by atoms with van der Waals surface area (Å²) in [5.74, 6) is 0.126. The predicted molar refractivity (Wildman–Crippen MR) is 111 cm³/mol. The summed E-state index contributed by atoms with van der Waals surface area (Å²) < 4.78 is 0. The molecule has 6 nitrogen and oxygen atoms in total. The van der Waals surface area contributed by atoms with Gasteiger partial charge in [-0.3, -0.25) is 19.5 Å². The fraction of sp³-hybridized carbons (Fsp3) is 0.348. The fourth-order valence-corrected chi connectivity index (χ4v) is 4.94. The molecule has 1 fully saturated rings. The highest BCUT2D eigenvalue weighted by molar-refractivity contribution is 6.11. The van der Waals surface area contributed by atoms with E-state index in [0.29, 0.717) is 18.8 Å². The lowest BCUT2D eigenvalue weighted by molar-refractivity contribution is 0.0811. The molecule has 5 rings (SSSR count). The molecule has 0 amide bonds. The van der Waals surface area contributed by atoms with Crippen LogP contribution in [0.2, 0.25) is 0 Å². The van der Waals surface area contributed by atoms with E-state index in [1.54, 1.807) is 0 Å². The molecule has 2 aromatic carbocycles. The monoisotopic (exact) mass is 389 g/mol. The Hall–Kier alpha value is -2.99. The third-order valence-electron chi connectivity index (χ3n) is 6.23. The highest BCUT2D eigenvalue weighted by Crippen LogP contribution is 2.34. The van der Waals surface area contributed by atoms with Gasteiger partial charge in [-0.05, 0) is 54.1 Å². The average molecular weight is 389 g/mol. The number of carbonyl (C=O) groups is 1. The van der Waals surface area contributed by atoms with Crippen molar-refractivity contribution >= 4 is 16.6 Å². The Bertz CT molecular complexity index is 1190. The fourth-order valence-electron chi connectivity index (χ4n) is 4.94. The van der Waals surface area contributed by atoms with Gasteiger partial charge < -0.3 is 4.98 Å². The number of nitrogens with zero attached hydrogens (tertiary/aromatic N) is 1. The number of aromatic amines is 2. The molecule has 1 saturated heterocycles. The lowest BCUT2D eigenvalue weighted by atomic mass is 9.87. The highest BCUT2D eigenvalue weighted by Gasteiger charge is 2.28. The van der Waals surface area contributed by atoms with Crippen LogP contribution in [0.3, 0.4) is 0 Å². The third kappa shape index (κ3) is 3.34. The van der Waals surface area contributed by atoms with Crippen LogP contribution in [0.15, 0.2) is 46.0 Å². The summed E-state index contributed by atoms with van der Waals surface area (Å²) in [6.45, 7) is 1.95. The van der Waals surface area contributed by atoms with Gasteiger partial charge in [0.25, 0.3) is 5.56 Å². The van der Waals surface area contributed by atoms with Crippen LogP contribution in [-0.2, 0) is 19.4 Å². The molecule has 1 unspecified atom stereocenters. The molecular weight excluding hydrogens is 366 g/mol. The van der Waals surface area contributed by atoms with E-state index in [2.05, 4.69) is 39.1 Å². The van der Waals surface area contributed by atoms with Crippen LogP contribution in [0, 0.1) is 5.92 Å². The van der Waals surface area contributed by atoms with Crippen LogP contribution in [0.5, 0.6) is 0 Å². The van der Waals surface area contributed by atoms with Gasteiger partial charge in [0.05, 0.1) is 0 Å². The summed E-state index contributed by atoms with van der Waals surface area (Å²) in [4.78, 5) is 43.5. The first-order valence-corrected chi connectivity index (χ1v) is 10.2. The Balaban J connectivity index is 1.40. The zero-order valence-electron chi connectivity index (χ0n) is 16.2. The number of nitrogens with one attached hydrogen (secondary N) is 2. The van der Waals surface area contributed by atoms with Crippen molar-refractivity contribution in [2.75, 3.05) is 13.1 Å². The summed E-state index contributed by atoms with van der Waals surface area (Å²) >= 11 is 0. The molecule has 6 heteroatoms. The number of rotatable bonds is 4. The second kappa shape index (κ2) is 7.12. The number of benzene rings is 2. The van der Waals surface area contributed by atoms with Gasteiger partial charge in [0.15, 0.2) is 5.78 Å². The van der Waals surface area contributed by atoms with Crippen LogP contribution in [0.25, 0.3) is 10.8 Å². The largest absolute Gasteiger partial charge is 0.325 e. The Morgan fingerprint density at radius 3 is 2.72 bits per heavy atom. The number of aromatic nitrogens is 2. The maximum Gasteiger partial charge on any atom is 0.325 e. The zero-order chi connectivity index (χ0) is 20.0. The SMILES string of the molecule is O=C(c1ccc2c3c(cccc13)CC2)C1CCCN(Cc2cc(=O)[nH]c(=O)[nH]2)C1. The van der Waals surface area contributed by atoms with E-state index in [0.717, 1.165) is 43.2 Å². The van der Waals surface area contributed by atoms with Crippen molar-refractivity contribution in [3.05, 3.63) is 79.6 Å². The molecule has 2 aliphatic rings. The van der Waals surface area contributed by atoms with Crippen LogP contribution in [0.4, 0.5) is 0 Å². The number of hydrogen-bond acceptors (Lipinski definition) is 4. The smallest absolute Gasteiger partial charge is 0.310 e. The quantitative estimate of drug-likeness (QED) is 0.671. The van der Waals surface area contributed by atoms with Crippen LogP contribution in [-0.4, -0.2) is 33.7 Å². The van der Waals surface area contributed by atoms with Gasteiger partial charge in [0, 0.05) is 36.3 Å². The van der Waals surface area contributed by atoms with Gasteiger partial charge in [-0.25, -0.2) is 4.79 Å². The van der Waals surface area contributed by atoms with Crippen LogP contribution in [0.1, 0.15) is 40.0 Å². The highest BCUT2D eigenvalue weighted by atomic mass is 16.2. The van der Waals surface area contributed by atoms with Crippen molar-refractivity contribution < 1.29 is 4.79 Å². The van der Waals surface area contributed by atoms with E-state index < -0.39 is 11.2 Å². The molecule has 2 N–H and O–H groups in total. The van der Waals surface area contributed by atoms with E-state index in [9.17, 15) is 14.4 Å². The maximum absolute atomic E-state index is 13.4. The van der Waals surface area contributed by atoms with Gasteiger partial charge in [-0.2, -0.15) is 0 Å². The molecule has 1 aromatic heterocycles. The number of aryl methyl sites for hydroxylation is 2. The number of hydrogen-bond donors (Lipinski definition) is 2. The predicted octanol–water partition coefficient (Wildman–Crippen LogP) is 2.41. The summed E-state index contributed by atoms with van der Waals surface area (Å²) in [6.07, 6.45) is 3.89. The molecule has 0 saturated carbocycles. The van der Waals surface area contributed by atoms with Crippen molar-refractivity contribution in [1.29, 1.82) is 0 Å². The average Bonchev–Trinajstić information content (AvgIpc) is 3.12. The summed E-state index contributed by atoms with van der Waals surface area (Å²) in [7, 11) is 0. The molecule has 148 valence electrons. The van der Waals surface area contributed by atoms with Crippen LogP contribution >= 0.6 is 0 Å². The topological polar surface area (TPSA) is 86.0 Å². The van der Waals surface area contributed by atoms with Gasteiger partial charge >= 0.3 is 5.69 Å². The molecule has 0 bridgehead atoms. The Labute approximate surface area is 167 Å². The third-order valence-corrected chi connectivity index (χ3v) is 6.23. The Morgan fingerprint density at radius 2 is 1.90 bits per heavy atom. The summed E-state index contributed by atoms with van der Waals surface area (Å²) in [6, 6.07) is 11.8. The number of Topliss-reactive ketones (excluding diaryl/α,β-unsaturated/α-hetero) is 1. The van der Waals surface area contributed by atoms with Gasteiger partial charge in [-0.1, -0.05) is 30.3 Å². The Morgan fingerprint density at radius 1 is 1.07 bits per heavy atom. The number of piperidine rings is 1. The summed E-state index contributed by atoms with van der Waals surface area (Å²) in [5, 5.41) is 2.35. The lowest BCUT2D eigenvalue weighted by Gasteiger charge is -2.32. The van der Waals surface area contributed by atoms with Crippen molar-refractivity contribution in [2.45, 2.75) is 32.2 Å². The number of likely N-dealkylation sites (tertiary alicyclic amines) is 1. The Kier molecular flexibility index (Phi) is 4.43. The molecule has 2 heterocycles. The van der Waals surface area contributed by atoms with Crippen molar-refractivity contribution in [3.63, 3.8) is 0 Å². The molecule has 1 atom stereocenters. The normalized spacial score (nSPS) is 19.0. The molecule has 0 radical (unpaired) electrons. The minimum Gasteiger partial charge on any atom is -0.310 e. The van der Waals surface area contributed by atoms with E-state index in [4.69, 9.17) is 0 Å². The van der Waals surface area contributed by atoms with Gasteiger partial charge in [-0.15, -0.1) is 0 Å². The molecule has 3 aromatic rings. The van der Waals surface area contributed by atoms with Crippen molar-refractivity contribution in [3.8, 4) is 0 Å². The van der Waals surface area contributed by atoms with E-state index in [1.165, 1.54) is 22.6 Å². The molecule has 1 aliphatic carbocycles. The van der Waals surface area contributed by atoms with E-state index in [-0.39, 0.29) is 11.7 Å². The first-order valence-electron chi connectivity index (χ1n) is 10.2. The van der Waals surface area contributed by atoms with Gasteiger partial charge in [0.1, 0.15) is 0 Å². The van der Waals surface area contributed by atoms with E-state index >= 15 is 0 Å². The second-order valence-corrected chi connectivity index (χ2v) is 8.16. The number of carbonyl (C=O) groups excluding carboxylic acids is 1. The first kappa shape index (κ1) is 18.1. The van der Waals surface area contributed by atoms with E-state index in [1.807, 2.05) is 6.07 Å². The summed E-state index contributed by atoms with van der Waals surface area (Å²) in [5.41, 5.74) is 3.19. The minimum absolute atomic E-state index is 0.0732. The van der Waals surface area contributed by atoms with Gasteiger partial charge in [0.2, 0.25) is 0 Å². The lowest BCUT2D eigenvalue weighted by Crippen LogP contribution is -2.39. The molecule has 1 aliphatic heterocycles. The number of H-pyrrole nitrogens is 2. The molecule has 0 spiro atoms. The minimum atomic E-state index is -0.495. The van der Waals surface area contributed by atoms with Crippen molar-refractivity contribution in [2.24, 2.45) is 5.92 Å². The van der Waals surface area contributed by atoms with Crippen LogP contribution < -0.4 is 11.2 Å². The number of ketones is 1.